The second-order valence-corrected chi connectivity index (χ2v) is 10.4. The van der Waals surface area contributed by atoms with Crippen LogP contribution in [0.25, 0.3) is 10.9 Å². The summed E-state index contributed by atoms with van der Waals surface area (Å²) >= 11 is 0. The summed E-state index contributed by atoms with van der Waals surface area (Å²) in [6.45, 7) is 1.12. The van der Waals surface area contributed by atoms with E-state index >= 15 is 0 Å². The lowest BCUT2D eigenvalue weighted by Crippen LogP contribution is -2.48. The first kappa shape index (κ1) is 21.3. The van der Waals surface area contributed by atoms with Crippen molar-refractivity contribution in [1.82, 2.24) is 9.29 Å². The lowest BCUT2D eigenvalue weighted by Gasteiger charge is -2.35. The highest BCUT2D eigenvalue weighted by Crippen LogP contribution is 2.33. The Hall–Kier alpha value is -2.52. The second kappa shape index (κ2) is 7.81. The fourth-order valence-electron chi connectivity index (χ4n) is 4.76. The highest BCUT2D eigenvalue weighted by atomic mass is 32.2. The van der Waals surface area contributed by atoms with E-state index < -0.39 is 21.8 Å². The molecule has 0 amide bonds. The molecule has 0 radical (unpaired) electrons. The van der Waals surface area contributed by atoms with Crippen molar-refractivity contribution in [2.24, 2.45) is 0 Å². The second-order valence-electron chi connectivity index (χ2n) is 8.44. The van der Waals surface area contributed by atoms with Crippen molar-refractivity contribution in [2.75, 3.05) is 31.1 Å². The number of H-pyrrole nitrogens is 1. The number of rotatable bonds is 3. The molecule has 1 saturated heterocycles. The van der Waals surface area contributed by atoms with Crippen molar-refractivity contribution in [3.05, 3.63) is 59.3 Å². The van der Waals surface area contributed by atoms with Gasteiger partial charge in [-0.15, -0.1) is 0 Å². The smallest absolute Gasteiger partial charge is 0.369 e. The van der Waals surface area contributed by atoms with Gasteiger partial charge in [-0.25, -0.2) is 8.42 Å². The fourth-order valence-corrected chi connectivity index (χ4v) is 6.21. The first-order valence-corrected chi connectivity index (χ1v) is 12.2. The van der Waals surface area contributed by atoms with E-state index in [1.165, 1.54) is 21.6 Å². The van der Waals surface area contributed by atoms with Crippen LogP contribution in [0.5, 0.6) is 0 Å². The van der Waals surface area contributed by atoms with Gasteiger partial charge < -0.3 is 9.88 Å². The van der Waals surface area contributed by atoms with Crippen LogP contribution in [0.15, 0.2) is 47.4 Å². The van der Waals surface area contributed by atoms with Crippen LogP contribution in [-0.2, 0) is 29.0 Å². The van der Waals surface area contributed by atoms with E-state index in [9.17, 15) is 21.6 Å². The highest BCUT2D eigenvalue weighted by molar-refractivity contribution is 7.89. The van der Waals surface area contributed by atoms with E-state index in [2.05, 4.69) is 4.98 Å². The van der Waals surface area contributed by atoms with Gasteiger partial charge in [0.25, 0.3) is 0 Å². The molecule has 2 aliphatic rings. The molecule has 5 rings (SSSR count). The largest absolute Gasteiger partial charge is 0.416 e. The minimum atomic E-state index is -4.41. The zero-order valence-corrected chi connectivity index (χ0v) is 18.3. The topological polar surface area (TPSA) is 56.4 Å². The standard InChI is InChI=1S/C23H24F3N3O2S/c24-23(25,26)16-4-3-5-17(14-16)28-10-12-29(13-11-28)32(30,31)18-8-9-22-20(15-18)19-6-1-2-7-21(19)27-22/h3-5,8-9,14-15,27H,1-2,6-7,10-13H2. The lowest BCUT2D eigenvalue weighted by atomic mass is 9.96. The Morgan fingerprint density at radius 2 is 1.66 bits per heavy atom. The maximum Gasteiger partial charge on any atom is 0.416 e. The number of hydrogen-bond donors (Lipinski definition) is 1. The Morgan fingerprint density at radius 1 is 0.906 bits per heavy atom. The predicted octanol–water partition coefficient (Wildman–Crippen LogP) is 4.58. The van der Waals surface area contributed by atoms with Crippen LogP contribution >= 0.6 is 0 Å². The molecular weight excluding hydrogens is 439 g/mol. The van der Waals surface area contributed by atoms with Crippen molar-refractivity contribution in [3.8, 4) is 0 Å². The molecule has 0 bridgehead atoms. The molecule has 0 atom stereocenters. The summed E-state index contributed by atoms with van der Waals surface area (Å²) in [4.78, 5) is 5.49. The molecule has 1 fully saturated rings. The van der Waals surface area contributed by atoms with Crippen LogP contribution < -0.4 is 4.90 Å². The van der Waals surface area contributed by atoms with Gasteiger partial charge in [-0.2, -0.15) is 17.5 Å². The van der Waals surface area contributed by atoms with Gasteiger partial charge in [0.05, 0.1) is 10.5 Å². The summed E-state index contributed by atoms with van der Waals surface area (Å²) in [6.07, 6.45) is -0.217. The molecule has 1 N–H and O–H groups in total. The normalized spacial score (nSPS) is 18.2. The van der Waals surface area contributed by atoms with Gasteiger partial charge in [0.1, 0.15) is 0 Å². The number of aromatic nitrogens is 1. The third-order valence-electron chi connectivity index (χ3n) is 6.48. The van der Waals surface area contributed by atoms with E-state index in [0.29, 0.717) is 18.8 Å². The van der Waals surface area contributed by atoms with Crippen molar-refractivity contribution in [1.29, 1.82) is 0 Å². The molecule has 5 nitrogen and oxygen atoms in total. The Balaban J connectivity index is 1.35. The Morgan fingerprint density at radius 3 is 2.41 bits per heavy atom. The first-order valence-electron chi connectivity index (χ1n) is 10.8. The van der Waals surface area contributed by atoms with E-state index in [1.807, 2.05) is 6.07 Å². The Kier molecular flexibility index (Phi) is 5.21. The fraction of sp³-hybridized carbons (Fsp3) is 0.391. The lowest BCUT2D eigenvalue weighted by molar-refractivity contribution is -0.137. The van der Waals surface area contributed by atoms with Gasteiger partial charge in [0.2, 0.25) is 10.0 Å². The molecule has 1 aliphatic carbocycles. The maximum atomic E-state index is 13.3. The average Bonchev–Trinajstić information content (AvgIpc) is 3.17. The van der Waals surface area contributed by atoms with Crippen molar-refractivity contribution < 1.29 is 21.6 Å². The number of aryl methyl sites for hydroxylation is 2. The third-order valence-corrected chi connectivity index (χ3v) is 8.38. The van der Waals surface area contributed by atoms with Gasteiger partial charge >= 0.3 is 6.18 Å². The summed E-state index contributed by atoms with van der Waals surface area (Å²) in [5.41, 5.74) is 3.14. The number of nitrogens with zero attached hydrogens (tertiary/aromatic N) is 2. The summed E-state index contributed by atoms with van der Waals surface area (Å²) in [6, 6.07) is 10.4. The summed E-state index contributed by atoms with van der Waals surface area (Å²) < 4.78 is 67.1. The minimum absolute atomic E-state index is 0.224. The number of nitrogens with one attached hydrogen (secondary N) is 1. The van der Waals surface area contributed by atoms with Gasteiger partial charge in [-0.3, -0.25) is 0 Å². The summed E-state index contributed by atoms with van der Waals surface area (Å²) in [5, 5.41) is 0.975. The van der Waals surface area contributed by atoms with Crippen LogP contribution in [0, 0.1) is 0 Å². The quantitative estimate of drug-likeness (QED) is 0.619. The molecular formula is C23H24F3N3O2S. The van der Waals surface area contributed by atoms with Gasteiger partial charge in [-0.05, 0) is 67.6 Å². The van der Waals surface area contributed by atoms with Crippen molar-refractivity contribution in [3.63, 3.8) is 0 Å². The Bertz CT molecular complexity index is 1260. The SMILES string of the molecule is O=S(=O)(c1ccc2[nH]c3c(c2c1)CCCC3)N1CCN(c2cccc(C(F)(F)F)c2)CC1. The molecule has 3 aromatic rings. The number of fused-ring (bicyclic) bond motifs is 3. The van der Waals surface area contributed by atoms with Gasteiger partial charge in [0.15, 0.2) is 0 Å². The number of aromatic amines is 1. The predicted molar refractivity (Wildman–Crippen MR) is 117 cm³/mol. The molecule has 0 unspecified atom stereocenters. The third kappa shape index (κ3) is 3.77. The summed E-state index contributed by atoms with van der Waals surface area (Å²) in [5.74, 6) is 0. The molecule has 9 heteroatoms. The van der Waals surface area contributed by atoms with Crippen molar-refractivity contribution in [2.45, 2.75) is 36.8 Å². The van der Waals surface area contributed by atoms with Crippen LogP contribution in [0.1, 0.15) is 29.7 Å². The maximum absolute atomic E-state index is 13.3. The molecule has 170 valence electrons. The van der Waals surface area contributed by atoms with Crippen LogP contribution in [0.4, 0.5) is 18.9 Å². The molecule has 1 aliphatic heterocycles. The van der Waals surface area contributed by atoms with Crippen molar-refractivity contribution >= 4 is 26.6 Å². The monoisotopic (exact) mass is 463 g/mol. The van der Waals surface area contributed by atoms with E-state index in [-0.39, 0.29) is 18.0 Å². The number of sulfonamides is 1. The highest BCUT2D eigenvalue weighted by Gasteiger charge is 2.32. The zero-order chi connectivity index (χ0) is 22.5. The minimum Gasteiger partial charge on any atom is -0.369 e. The van der Waals surface area contributed by atoms with Crippen LogP contribution in [0.3, 0.4) is 0 Å². The van der Waals surface area contributed by atoms with E-state index in [4.69, 9.17) is 0 Å². The molecule has 32 heavy (non-hydrogen) atoms. The van der Waals surface area contributed by atoms with Crippen LogP contribution in [0.2, 0.25) is 0 Å². The summed E-state index contributed by atoms with van der Waals surface area (Å²) in [7, 11) is -3.68. The van der Waals surface area contributed by atoms with E-state index in [0.717, 1.165) is 48.7 Å². The van der Waals surface area contributed by atoms with Crippen LogP contribution in [-0.4, -0.2) is 43.9 Å². The van der Waals surface area contributed by atoms with Gasteiger partial charge in [-0.1, -0.05) is 6.07 Å². The molecule has 0 spiro atoms. The first-order chi connectivity index (χ1) is 15.2. The number of piperazine rings is 1. The zero-order valence-electron chi connectivity index (χ0n) is 17.5. The molecule has 2 heterocycles. The number of halogens is 3. The molecule has 0 saturated carbocycles. The average molecular weight is 464 g/mol. The van der Waals surface area contributed by atoms with E-state index in [1.54, 1.807) is 23.1 Å². The number of hydrogen-bond acceptors (Lipinski definition) is 3. The Labute approximate surface area is 184 Å². The van der Waals surface area contributed by atoms with Gasteiger partial charge in [0, 0.05) is 48.5 Å². The number of benzene rings is 2. The molecule has 1 aromatic heterocycles. The number of alkyl halides is 3. The number of anilines is 1. The molecule has 2 aromatic carbocycles.